The van der Waals surface area contributed by atoms with Crippen LogP contribution < -0.4 is 0 Å². The lowest BCUT2D eigenvalue weighted by Gasteiger charge is -2.45. The first kappa shape index (κ1) is 57.3. The first-order valence-electron chi connectivity index (χ1n) is 22.1. The molecule has 3 aliphatic rings. The molecule has 2 heterocycles. The molecule has 3 rings (SSSR count). The second kappa shape index (κ2) is 31.2. The van der Waals surface area contributed by atoms with Crippen molar-refractivity contribution >= 4 is 23.4 Å². The van der Waals surface area contributed by atoms with E-state index in [1.807, 2.05) is 27.0 Å². The van der Waals surface area contributed by atoms with Crippen LogP contribution in [0.2, 0.25) is 0 Å². The predicted octanol–water partition coefficient (Wildman–Crippen LogP) is 8.22. The second-order valence-corrected chi connectivity index (χ2v) is 17.4. The average molecular weight is 852 g/mol. The zero-order valence-corrected chi connectivity index (χ0v) is 39.6. The van der Waals surface area contributed by atoms with Gasteiger partial charge in [-0.15, -0.1) is 13.2 Å². The van der Waals surface area contributed by atoms with Gasteiger partial charge in [-0.1, -0.05) is 57.4 Å². The van der Waals surface area contributed by atoms with E-state index in [2.05, 4.69) is 44.7 Å². The molecule has 1 amide bonds. The van der Waals surface area contributed by atoms with Crippen molar-refractivity contribution in [3.63, 3.8) is 0 Å². The fourth-order valence-corrected chi connectivity index (χ4v) is 8.52. The van der Waals surface area contributed by atoms with Gasteiger partial charge in [0.1, 0.15) is 11.8 Å². The Labute approximate surface area is 363 Å². The number of rotatable bonds is 19. The highest BCUT2D eigenvalue weighted by atomic mass is 16.7. The topological polar surface area (TPSA) is 158 Å². The number of ether oxygens (including phenoxy) is 5. The Morgan fingerprint density at radius 1 is 0.900 bits per heavy atom. The molecule has 0 bridgehead atoms. The van der Waals surface area contributed by atoms with Gasteiger partial charge in [0.25, 0.3) is 11.7 Å². The van der Waals surface area contributed by atoms with Gasteiger partial charge in [0.05, 0.1) is 25.4 Å². The summed E-state index contributed by atoms with van der Waals surface area (Å²) in [4.78, 5) is 51.7. The van der Waals surface area contributed by atoms with E-state index < -0.39 is 41.5 Å². The number of allylic oxidation sites excluding steroid dienone is 4. The lowest BCUT2D eigenvalue weighted by Crippen LogP contribution is -2.62. The highest BCUT2D eigenvalue weighted by Gasteiger charge is 2.55. The Morgan fingerprint density at radius 3 is 2.10 bits per heavy atom. The maximum Gasteiger partial charge on any atom is 0.328 e. The van der Waals surface area contributed by atoms with Crippen LogP contribution in [0.1, 0.15) is 138 Å². The zero-order valence-electron chi connectivity index (χ0n) is 39.6. The monoisotopic (exact) mass is 852 g/mol. The molecule has 0 radical (unpaired) electrons. The van der Waals surface area contributed by atoms with Crippen molar-refractivity contribution in [2.45, 2.75) is 168 Å². The number of carbonyl (C=O) groups is 4. The molecule has 0 aromatic carbocycles. The Bertz CT molecular complexity index is 1320. The van der Waals surface area contributed by atoms with Gasteiger partial charge in [-0.3, -0.25) is 14.4 Å². The number of hydrogen-bond acceptors (Lipinski definition) is 11. The van der Waals surface area contributed by atoms with Crippen molar-refractivity contribution in [3.8, 4) is 0 Å². The van der Waals surface area contributed by atoms with Gasteiger partial charge in [-0.25, -0.2) is 4.79 Å². The highest BCUT2D eigenvalue weighted by Crippen LogP contribution is 2.38. The number of piperidine rings is 1. The molecule has 0 aromatic rings. The van der Waals surface area contributed by atoms with E-state index in [0.29, 0.717) is 61.7 Å². The minimum atomic E-state index is -2.26. The van der Waals surface area contributed by atoms with Crippen molar-refractivity contribution in [1.29, 1.82) is 0 Å². The van der Waals surface area contributed by atoms with Crippen molar-refractivity contribution in [1.82, 2.24) is 4.90 Å². The lowest BCUT2D eigenvalue weighted by atomic mass is 9.83. The van der Waals surface area contributed by atoms with E-state index in [-0.39, 0.29) is 18.6 Å². The number of ketones is 2. The third-order valence-electron chi connectivity index (χ3n) is 11.8. The fraction of sp³-hybridized carbons (Fsp3) is 0.792. The summed E-state index contributed by atoms with van der Waals surface area (Å²) in [7, 11) is 8.92. The maximum atomic E-state index is 13.2. The third kappa shape index (κ3) is 20.0. The molecular formula is C48H85NO11. The summed E-state index contributed by atoms with van der Waals surface area (Å²) < 4.78 is 26.1. The zero-order chi connectivity index (χ0) is 46.0. The molecule has 2 N–H and O–H groups in total. The molecule has 2 aliphatic heterocycles. The quantitative estimate of drug-likeness (QED) is 0.0733. The van der Waals surface area contributed by atoms with Crippen molar-refractivity contribution < 1.29 is 53.1 Å². The van der Waals surface area contributed by atoms with Gasteiger partial charge in [0.2, 0.25) is 5.79 Å². The number of likely N-dealkylation sites (tertiary alicyclic amines) is 1. The number of esters is 1. The van der Waals surface area contributed by atoms with Gasteiger partial charge in [-0.2, -0.15) is 0 Å². The Hall–Kier alpha value is -2.74. The van der Waals surface area contributed by atoms with Crippen molar-refractivity contribution in [2.24, 2.45) is 29.6 Å². The van der Waals surface area contributed by atoms with Gasteiger partial charge in [-0.05, 0) is 115 Å². The number of methoxy groups -OCH3 is 4. The van der Waals surface area contributed by atoms with Crippen LogP contribution in [0.25, 0.3) is 0 Å². The normalized spacial score (nSPS) is 26.8. The minimum Gasteiger partial charge on any atom is -0.467 e. The van der Waals surface area contributed by atoms with E-state index in [0.717, 1.165) is 51.2 Å². The Balaban J connectivity index is 0.00000109. The highest BCUT2D eigenvalue weighted by molar-refractivity contribution is 6.39. The molecule has 12 nitrogen and oxygen atoms in total. The molecule has 60 heavy (non-hydrogen) atoms. The molecule has 12 heteroatoms. The van der Waals surface area contributed by atoms with Gasteiger partial charge in [0, 0.05) is 60.4 Å². The van der Waals surface area contributed by atoms with E-state index in [1.165, 1.54) is 43.3 Å². The van der Waals surface area contributed by atoms with Crippen LogP contribution in [0.5, 0.6) is 0 Å². The van der Waals surface area contributed by atoms with Crippen LogP contribution in [-0.2, 0) is 42.9 Å². The molecule has 2 saturated heterocycles. The van der Waals surface area contributed by atoms with E-state index >= 15 is 0 Å². The molecule has 10 atom stereocenters. The van der Waals surface area contributed by atoms with Gasteiger partial charge < -0.3 is 38.8 Å². The third-order valence-corrected chi connectivity index (χ3v) is 11.8. The minimum absolute atomic E-state index is 0.129. The summed E-state index contributed by atoms with van der Waals surface area (Å²) in [6.45, 7) is 20.2. The fourth-order valence-electron chi connectivity index (χ4n) is 8.52. The van der Waals surface area contributed by atoms with E-state index in [1.54, 1.807) is 28.3 Å². The van der Waals surface area contributed by atoms with Gasteiger partial charge >= 0.3 is 5.97 Å². The summed E-state index contributed by atoms with van der Waals surface area (Å²) in [5.74, 6) is -3.26. The SMILES string of the molecule is C=C(C)C[C@H](C)CC[C@H]1O[C@@](O)(C(=O)C(=O)N2CCCC[C@H]2C(=O)OC)[C@H](C)C[C@@H]1OC.C=CC[C@H](C)C(=O)CC[C@@H](C)C/C(C)=C/[C@@H]1CCC[C@H](OC)C1.CO.COC. The number of carbonyl (C=O) groups excluding carboxylic acids is 4. The number of Topliss-reactive ketones (excluding diaryl/α,β-unsaturated/α-hetero) is 2. The van der Waals surface area contributed by atoms with Crippen LogP contribution in [0.15, 0.2) is 36.5 Å². The summed E-state index contributed by atoms with van der Waals surface area (Å²) in [6.07, 6.45) is 17.0. The van der Waals surface area contributed by atoms with Gasteiger partial charge in [0.15, 0.2) is 0 Å². The standard InChI is InChI=1S/C24H39NO7.C21H36O2.C2H6O.CH4O/c1-15(2)13-16(3)10-11-19-20(30-5)14-17(4)24(29,32-19)21(26)22(27)25-12-8-7-9-18(25)23(28)31-6;1-6-8-18(4)21(22)12-11-16(2)13-17(3)14-19-9-7-10-20(15-19)23-5;1-3-2;1-2/h16-20,29H,1,7-14H2,2-6H3;6,14,16,18-20H,1,7-13,15H2,2-5H3;1-2H3;2H,1H3/b;17-14+;;/t16-,17-,18+,19-,20+,24-;16-,18+,19+,20+;;/m11../s1. The Morgan fingerprint density at radius 2 is 1.53 bits per heavy atom. The summed E-state index contributed by atoms with van der Waals surface area (Å²) in [5.41, 5.74) is 2.57. The summed E-state index contributed by atoms with van der Waals surface area (Å²) in [6, 6.07) is -0.821. The molecular weight excluding hydrogens is 767 g/mol. The lowest BCUT2D eigenvalue weighted by molar-refractivity contribution is -0.287. The summed E-state index contributed by atoms with van der Waals surface area (Å²) >= 11 is 0. The van der Waals surface area contributed by atoms with Crippen LogP contribution in [-0.4, -0.2) is 118 Å². The van der Waals surface area contributed by atoms with E-state index in [4.69, 9.17) is 24.1 Å². The van der Waals surface area contributed by atoms with Crippen LogP contribution in [0.3, 0.4) is 0 Å². The summed E-state index contributed by atoms with van der Waals surface area (Å²) in [5, 5.41) is 18.3. The van der Waals surface area contributed by atoms with Crippen LogP contribution in [0, 0.1) is 29.6 Å². The largest absolute Gasteiger partial charge is 0.467 e. The maximum absolute atomic E-state index is 13.2. The molecule has 348 valence electrons. The Kier molecular flexibility index (Phi) is 29.7. The second-order valence-electron chi connectivity index (χ2n) is 17.4. The molecule has 1 aliphatic carbocycles. The molecule has 1 saturated carbocycles. The van der Waals surface area contributed by atoms with Crippen LogP contribution >= 0.6 is 0 Å². The predicted molar refractivity (Wildman–Crippen MR) is 238 cm³/mol. The number of aliphatic hydroxyl groups is 2. The van der Waals surface area contributed by atoms with E-state index in [9.17, 15) is 24.3 Å². The number of nitrogens with zero attached hydrogens (tertiary/aromatic N) is 1. The van der Waals surface area contributed by atoms with Crippen LogP contribution in [0.4, 0.5) is 0 Å². The first-order chi connectivity index (χ1) is 28.4. The molecule has 0 spiro atoms. The molecule has 0 unspecified atom stereocenters. The van der Waals surface area contributed by atoms with Crippen molar-refractivity contribution in [2.75, 3.05) is 49.2 Å². The first-order valence-corrected chi connectivity index (χ1v) is 22.1. The number of aliphatic hydroxyl groups excluding tert-OH is 1. The number of amides is 1. The molecule has 0 aromatic heterocycles. The number of hydrogen-bond donors (Lipinski definition) is 2. The average Bonchev–Trinajstić information content (AvgIpc) is 3.23. The molecule has 3 fully saturated rings. The smallest absolute Gasteiger partial charge is 0.328 e. The van der Waals surface area contributed by atoms with Crippen molar-refractivity contribution in [3.05, 3.63) is 36.5 Å².